The van der Waals surface area contributed by atoms with Gasteiger partial charge in [0.25, 0.3) is 0 Å². The van der Waals surface area contributed by atoms with Crippen LogP contribution in [0.15, 0.2) is 28.6 Å². The number of thioether (sulfide) groups is 1. The highest BCUT2D eigenvalue weighted by molar-refractivity contribution is 8.01. The first-order chi connectivity index (χ1) is 12.7. The number of hydrogen-bond donors (Lipinski definition) is 0. The van der Waals surface area contributed by atoms with E-state index in [0.29, 0.717) is 18.7 Å². The van der Waals surface area contributed by atoms with E-state index in [1.54, 1.807) is 23.1 Å². The third-order valence-corrected chi connectivity index (χ3v) is 7.10. The Hall–Kier alpha value is -1.40. The predicted molar refractivity (Wildman–Crippen MR) is 109 cm³/mol. The van der Waals surface area contributed by atoms with Gasteiger partial charge in [-0.15, -0.1) is 11.3 Å². The Bertz CT molecular complexity index is 726. The van der Waals surface area contributed by atoms with Crippen molar-refractivity contribution in [2.75, 3.05) is 12.3 Å². The van der Waals surface area contributed by atoms with Gasteiger partial charge in [0.15, 0.2) is 4.34 Å². The number of rotatable bonds is 10. The molecule has 1 unspecified atom stereocenters. The second kappa shape index (κ2) is 9.51. The molecule has 1 aliphatic heterocycles. The molecular weight excluding hydrogens is 364 g/mol. The van der Waals surface area contributed by atoms with Crippen LogP contribution in [-0.2, 0) is 9.59 Å². The molecule has 1 atom stereocenters. The number of likely N-dealkylation sites (tertiary alicyclic amines) is 1. The summed E-state index contributed by atoms with van der Waals surface area (Å²) in [5.41, 5.74) is 0.999. The minimum Gasteiger partial charge on any atom is -0.282 e. The summed E-state index contributed by atoms with van der Waals surface area (Å²) in [6.07, 6.45) is 7.33. The molecule has 0 aliphatic carbocycles. The number of carbonyl (C=O) groups is 2. The lowest BCUT2D eigenvalue weighted by atomic mass is 10.1. The van der Waals surface area contributed by atoms with Crippen LogP contribution in [0.1, 0.15) is 51.9 Å². The molecule has 0 radical (unpaired) electrons. The van der Waals surface area contributed by atoms with E-state index in [1.807, 2.05) is 18.2 Å². The van der Waals surface area contributed by atoms with Gasteiger partial charge in [-0.2, -0.15) is 0 Å². The maximum absolute atomic E-state index is 12.6. The average Bonchev–Trinajstić information content (AvgIpc) is 3.17. The largest absolute Gasteiger partial charge is 0.282 e. The third kappa shape index (κ3) is 4.86. The number of hydrogen-bond acceptors (Lipinski definition) is 5. The molecule has 1 fully saturated rings. The standard InChI is InChI=1S/C20H26N2O2S2/c1-2-3-4-5-6-9-12-22-18(23)13-15(19(22)24)14-25-20-21-16-10-7-8-11-17(16)26-20/h7-8,10-11,15H,2-6,9,12-14H2,1H3. The number of thiazole rings is 1. The molecule has 2 aromatic rings. The van der Waals surface area contributed by atoms with E-state index in [-0.39, 0.29) is 17.7 Å². The molecule has 0 N–H and O–H groups in total. The number of carbonyl (C=O) groups excluding carboxylic acids is 2. The number of imide groups is 1. The van der Waals surface area contributed by atoms with Crippen molar-refractivity contribution < 1.29 is 9.59 Å². The zero-order valence-corrected chi connectivity index (χ0v) is 16.9. The van der Waals surface area contributed by atoms with Crippen LogP contribution in [0.3, 0.4) is 0 Å². The smallest absolute Gasteiger partial charge is 0.233 e. The first-order valence-electron chi connectivity index (χ1n) is 9.51. The molecular formula is C20H26N2O2S2. The lowest BCUT2D eigenvalue weighted by Crippen LogP contribution is -2.32. The molecule has 1 aromatic carbocycles. The van der Waals surface area contributed by atoms with Gasteiger partial charge in [0.2, 0.25) is 11.8 Å². The Balaban J connectivity index is 1.45. The van der Waals surface area contributed by atoms with Gasteiger partial charge in [0, 0.05) is 18.7 Å². The number of aromatic nitrogens is 1. The van der Waals surface area contributed by atoms with Gasteiger partial charge in [-0.05, 0) is 18.6 Å². The van der Waals surface area contributed by atoms with Gasteiger partial charge >= 0.3 is 0 Å². The second-order valence-corrected chi connectivity index (χ2v) is 9.11. The van der Waals surface area contributed by atoms with E-state index in [9.17, 15) is 9.59 Å². The molecule has 0 saturated carbocycles. The van der Waals surface area contributed by atoms with Gasteiger partial charge in [0.1, 0.15) is 0 Å². The zero-order valence-electron chi connectivity index (χ0n) is 15.3. The SMILES string of the molecule is CCCCCCCCN1C(=O)CC(CSc2nc3ccccc3s2)C1=O. The minimum atomic E-state index is -0.195. The quantitative estimate of drug-likeness (QED) is 0.321. The van der Waals surface area contributed by atoms with Crippen LogP contribution in [-0.4, -0.2) is 34.0 Å². The van der Waals surface area contributed by atoms with Gasteiger partial charge in [-0.3, -0.25) is 14.5 Å². The van der Waals surface area contributed by atoms with E-state index in [0.717, 1.165) is 27.4 Å². The fraction of sp³-hybridized carbons (Fsp3) is 0.550. The molecule has 26 heavy (non-hydrogen) atoms. The molecule has 6 heteroatoms. The summed E-state index contributed by atoms with van der Waals surface area (Å²) in [6.45, 7) is 2.79. The number of amides is 2. The number of nitrogens with zero attached hydrogens (tertiary/aromatic N) is 2. The monoisotopic (exact) mass is 390 g/mol. The van der Waals surface area contributed by atoms with E-state index in [4.69, 9.17) is 0 Å². The summed E-state index contributed by atoms with van der Waals surface area (Å²) in [7, 11) is 0. The first-order valence-corrected chi connectivity index (χ1v) is 11.3. The summed E-state index contributed by atoms with van der Waals surface area (Å²) in [5, 5.41) is 0. The zero-order chi connectivity index (χ0) is 18.4. The van der Waals surface area contributed by atoms with E-state index in [2.05, 4.69) is 18.0 Å². The highest BCUT2D eigenvalue weighted by atomic mass is 32.2. The summed E-state index contributed by atoms with van der Waals surface area (Å²) in [4.78, 5) is 30.8. The number of benzene rings is 1. The van der Waals surface area contributed by atoms with Crippen molar-refractivity contribution in [1.29, 1.82) is 0 Å². The third-order valence-electron chi connectivity index (χ3n) is 4.75. The molecule has 1 aliphatic rings. The lowest BCUT2D eigenvalue weighted by Gasteiger charge is -2.14. The van der Waals surface area contributed by atoms with Gasteiger partial charge in [-0.25, -0.2) is 4.98 Å². The Morgan fingerprint density at radius 3 is 2.73 bits per heavy atom. The molecule has 1 saturated heterocycles. The van der Waals surface area contributed by atoms with E-state index in [1.165, 1.54) is 30.6 Å². The average molecular weight is 391 g/mol. The summed E-state index contributed by atoms with van der Waals surface area (Å²) < 4.78 is 2.13. The molecule has 0 spiro atoms. The second-order valence-electron chi connectivity index (χ2n) is 6.81. The van der Waals surface area contributed by atoms with Crippen LogP contribution in [0, 0.1) is 5.92 Å². The molecule has 1 aromatic heterocycles. The van der Waals surface area contributed by atoms with Crippen molar-refractivity contribution in [3.63, 3.8) is 0 Å². The van der Waals surface area contributed by atoms with E-state index >= 15 is 0 Å². The Labute approximate surface area is 163 Å². The lowest BCUT2D eigenvalue weighted by molar-refractivity contribution is -0.139. The number of para-hydroxylation sites is 1. The summed E-state index contributed by atoms with van der Waals surface area (Å²) in [6, 6.07) is 8.05. The maximum atomic E-state index is 12.6. The summed E-state index contributed by atoms with van der Waals surface area (Å²) >= 11 is 3.25. The molecule has 2 amide bonds. The fourth-order valence-electron chi connectivity index (χ4n) is 3.25. The first kappa shape index (κ1) is 19.4. The normalized spacial score (nSPS) is 17.6. The molecule has 3 rings (SSSR count). The molecule has 4 nitrogen and oxygen atoms in total. The van der Waals surface area contributed by atoms with Crippen molar-refractivity contribution in [2.45, 2.75) is 56.2 Å². The van der Waals surface area contributed by atoms with Gasteiger partial charge < -0.3 is 0 Å². The van der Waals surface area contributed by atoms with Crippen LogP contribution in [0.2, 0.25) is 0 Å². The summed E-state index contributed by atoms with van der Waals surface area (Å²) in [5.74, 6) is 0.451. The van der Waals surface area contributed by atoms with Crippen LogP contribution >= 0.6 is 23.1 Å². The van der Waals surface area contributed by atoms with Crippen LogP contribution < -0.4 is 0 Å². The molecule has 0 bridgehead atoms. The Kier molecular flexibility index (Phi) is 7.08. The maximum Gasteiger partial charge on any atom is 0.233 e. The predicted octanol–water partition coefficient (Wildman–Crippen LogP) is 5.12. The van der Waals surface area contributed by atoms with Crippen LogP contribution in [0.5, 0.6) is 0 Å². The molecule has 2 heterocycles. The van der Waals surface area contributed by atoms with Gasteiger partial charge in [-0.1, -0.05) is 62.9 Å². The van der Waals surface area contributed by atoms with Crippen molar-refractivity contribution in [3.8, 4) is 0 Å². The number of fused-ring (bicyclic) bond motifs is 1. The van der Waals surface area contributed by atoms with Gasteiger partial charge in [0.05, 0.1) is 16.1 Å². The Morgan fingerprint density at radius 2 is 1.92 bits per heavy atom. The topological polar surface area (TPSA) is 50.3 Å². The van der Waals surface area contributed by atoms with Crippen LogP contribution in [0.4, 0.5) is 0 Å². The highest BCUT2D eigenvalue weighted by Crippen LogP contribution is 2.33. The van der Waals surface area contributed by atoms with Crippen molar-refractivity contribution in [3.05, 3.63) is 24.3 Å². The Morgan fingerprint density at radius 1 is 1.15 bits per heavy atom. The van der Waals surface area contributed by atoms with Crippen molar-refractivity contribution in [1.82, 2.24) is 9.88 Å². The van der Waals surface area contributed by atoms with Crippen molar-refractivity contribution >= 4 is 45.1 Å². The fourth-order valence-corrected chi connectivity index (χ4v) is 5.42. The number of unbranched alkanes of at least 4 members (excludes halogenated alkanes) is 5. The van der Waals surface area contributed by atoms with Crippen molar-refractivity contribution in [2.24, 2.45) is 5.92 Å². The molecule has 140 valence electrons. The van der Waals surface area contributed by atoms with E-state index < -0.39 is 0 Å². The minimum absolute atomic E-state index is 0.00143. The highest BCUT2D eigenvalue weighted by Gasteiger charge is 2.37. The van der Waals surface area contributed by atoms with Crippen LogP contribution in [0.25, 0.3) is 10.2 Å².